The molecule has 1 N–H and O–H groups in total. The standard InChI is InChI=1S/C31H32N2O5/c1-36-29-20-24(12-13-28(29)38-25-10-6-7-11-25)19-27(31(35)37-2)26(18-22-8-4-3-5-9-22)30(34)33-21-23-14-16-32-17-15-23/h3-5,8-9,12-20,25H,6-7,10-11,21H2,1-2H3,(H,33,34). The van der Waals surface area contributed by atoms with Gasteiger partial charge in [-0.3, -0.25) is 9.78 Å². The fraction of sp³-hybridized carbons (Fsp3) is 0.258. The van der Waals surface area contributed by atoms with Crippen LogP contribution in [0.1, 0.15) is 42.4 Å². The van der Waals surface area contributed by atoms with Crippen LogP contribution in [0.5, 0.6) is 11.5 Å². The first-order valence-corrected chi connectivity index (χ1v) is 12.7. The molecule has 7 heteroatoms. The average molecular weight is 513 g/mol. The van der Waals surface area contributed by atoms with Crippen LogP contribution in [-0.2, 0) is 20.9 Å². The maximum atomic E-state index is 13.5. The Bertz CT molecular complexity index is 1300. The number of carbonyl (C=O) groups excluding carboxylic acids is 2. The van der Waals surface area contributed by atoms with Gasteiger partial charge in [-0.1, -0.05) is 36.4 Å². The van der Waals surface area contributed by atoms with Gasteiger partial charge in [0.25, 0.3) is 5.91 Å². The number of hydrogen-bond acceptors (Lipinski definition) is 6. The van der Waals surface area contributed by atoms with Crippen LogP contribution in [0.15, 0.2) is 84.2 Å². The minimum Gasteiger partial charge on any atom is -0.493 e. The molecule has 0 spiro atoms. The molecule has 1 aromatic heterocycles. The molecule has 0 unspecified atom stereocenters. The zero-order valence-corrected chi connectivity index (χ0v) is 21.7. The average Bonchev–Trinajstić information content (AvgIpc) is 3.48. The van der Waals surface area contributed by atoms with Crippen molar-refractivity contribution in [1.29, 1.82) is 0 Å². The molecule has 1 heterocycles. The Labute approximate surface area is 223 Å². The first-order valence-electron chi connectivity index (χ1n) is 12.7. The van der Waals surface area contributed by atoms with Crippen molar-refractivity contribution in [3.8, 4) is 11.5 Å². The Morgan fingerprint density at radius 2 is 1.61 bits per heavy atom. The predicted octanol–water partition coefficient (Wildman–Crippen LogP) is 5.37. The van der Waals surface area contributed by atoms with Gasteiger partial charge in [0, 0.05) is 18.9 Å². The summed E-state index contributed by atoms with van der Waals surface area (Å²) in [5, 5.41) is 2.91. The molecule has 0 atom stereocenters. The quantitative estimate of drug-likeness (QED) is 0.223. The van der Waals surface area contributed by atoms with Crippen molar-refractivity contribution < 1.29 is 23.8 Å². The topological polar surface area (TPSA) is 86.8 Å². The van der Waals surface area contributed by atoms with E-state index in [0.29, 0.717) is 17.1 Å². The van der Waals surface area contributed by atoms with Crippen molar-refractivity contribution in [1.82, 2.24) is 10.3 Å². The summed E-state index contributed by atoms with van der Waals surface area (Å²) in [5.74, 6) is 0.184. The van der Waals surface area contributed by atoms with Gasteiger partial charge in [-0.15, -0.1) is 0 Å². The fourth-order valence-corrected chi connectivity index (χ4v) is 4.34. The second-order valence-corrected chi connectivity index (χ2v) is 8.99. The highest BCUT2D eigenvalue weighted by Crippen LogP contribution is 2.33. The zero-order chi connectivity index (χ0) is 26.7. The highest BCUT2D eigenvalue weighted by Gasteiger charge is 2.23. The smallest absolute Gasteiger partial charge is 0.338 e. The van der Waals surface area contributed by atoms with Crippen LogP contribution < -0.4 is 14.8 Å². The third-order valence-electron chi connectivity index (χ3n) is 6.35. The van der Waals surface area contributed by atoms with Gasteiger partial charge in [0.05, 0.1) is 31.5 Å². The number of aromatic nitrogens is 1. The number of carbonyl (C=O) groups is 2. The van der Waals surface area contributed by atoms with Crippen LogP contribution in [0.25, 0.3) is 12.2 Å². The number of amides is 1. The summed E-state index contributed by atoms with van der Waals surface area (Å²) >= 11 is 0. The Morgan fingerprint density at radius 3 is 2.29 bits per heavy atom. The van der Waals surface area contributed by atoms with Crippen LogP contribution >= 0.6 is 0 Å². The van der Waals surface area contributed by atoms with E-state index in [1.165, 1.54) is 7.11 Å². The first-order chi connectivity index (χ1) is 18.6. The number of rotatable bonds is 10. The van der Waals surface area contributed by atoms with Gasteiger partial charge < -0.3 is 19.5 Å². The van der Waals surface area contributed by atoms with Gasteiger partial charge in [-0.05, 0) is 78.8 Å². The van der Waals surface area contributed by atoms with E-state index in [1.54, 1.807) is 37.7 Å². The second kappa shape index (κ2) is 13.2. The maximum Gasteiger partial charge on any atom is 0.338 e. The van der Waals surface area contributed by atoms with Crippen LogP contribution in [-0.4, -0.2) is 37.2 Å². The number of nitrogens with one attached hydrogen (secondary N) is 1. The monoisotopic (exact) mass is 512 g/mol. The Morgan fingerprint density at radius 1 is 0.895 bits per heavy atom. The minimum atomic E-state index is -0.628. The number of esters is 1. The molecule has 1 aliphatic rings. The number of pyridine rings is 1. The molecular weight excluding hydrogens is 480 g/mol. The van der Waals surface area contributed by atoms with E-state index in [0.717, 1.165) is 36.8 Å². The number of methoxy groups -OCH3 is 2. The molecule has 4 rings (SSSR count). The lowest BCUT2D eigenvalue weighted by molar-refractivity contribution is -0.136. The molecule has 38 heavy (non-hydrogen) atoms. The van der Waals surface area contributed by atoms with Crippen LogP contribution in [0.3, 0.4) is 0 Å². The summed E-state index contributed by atoms with van der Waals surface area (Å²) in [6, 6.07) is 18.5. The normalized spacial score (nSPS) is 14.2. The van der Waals surface area contributed by atoms with Crippen molar-refractivity contribution in [3.05, 3.63) is 101 Å². The molecule has 196 valence electrons. The van der Waals surface area contributed by atoms with Crippen LogP contribution in [0.2, 0.25) is 0 Å². The SMILES string of the molecule is COC(=O)C(=Cc1ccc(OC2CCCC2)c(OC)c1)C(=Cc1ccccc1)C(=O)NCc1ccncc1. The Balaban J connectivity index is 1.69. The summed E-state index contributed by atoms with van der Waals surface area (Å²) in [4.78, 5) is 30.5. The molecule has 3 aromatic rings. The molecule has 2 aromatic carbocycles. The van der Waals surface area contributed by atoms with E-state index in [4.69, 9.17) is 14.2 Å². The molecular formula is C31H32N2O5. The lowest BCUT2D eigenvalue weighted by Gasteiger charge is -2.16. The zero-order valence-electron chi connectivity index (χ0n) is 21.7. The second-order valence-electron chi connectivity index (χ2n) is 8.99. The number of ether oxygens (including phenoxy) is 3. The molecule has 0 saturated heterocycles. The van der Waals surface area contributed by atoms with Crippen molar-refractivity contribution in [3.63, 3.8) is 0 Å². The molecule has 1 fully saturated rings. The Hall–Kier alpha value is -4.39. The summed E-state index contributed by atoms with van der Waals surface area (Å²) in [6.07, 6.45) is 11.2. The van der Waals surface area contributed by atoms with Crippen LogP contribution in [0.4, 0.5) is 0 Å². The van der Waals surface area contributed by atoms with E-state index >= 15 is 0 Å². The van der Waals surface area contributed by atoms with Crippen molar-refractivity contribution in [2.24, 2.45) is 0 Å². The van der Waals surface area contributed by atoms with Gasteiger partial charge in [0.2, 0.25) is 0 Å². The number of nitrogens with zero attached hydrogens (tertiary/aromatic N) is 1. The van der Waals surface area contributed by atoms with Gasteiger partial charge in [-0.25, -0.2) is 4.79 Å². The number of hydrogen-bond donors (Lipinski definition) is 1. The van der Waals surface area contributed by atoms with Gasteiger partial charge in [-0.2, -0.15) is 0 Å². The summed E-state index contributed by atoms with van der Waals surface area (Å²) in [5.41, 5.74) is 2.63. The van der Waals surface area contributed by atoms with Gasteiger partial charge >= 0.3 is 5.97 Å². The molecule has 0 bridgehead atoms. The summed E-state index contributed by atoms with van der Waals surface area (Å²) in [7, 11) is 2.88. The third kappa shape index (κ3) is 7.09. The van der Waals surface area contributed by atoms with E-state index in [2.05, 4.69) is 10.3 Å². The minimum absolute atomic E-state index is 0.120. The molecule has 0 radical (unpaired) electrons. The highest BCUT2D eigenvalue weighted by atomic mass is 16.5. The van der Waals surface area contributed by atoms with E-state index in [1.807, 2.05) is 54.6 Å². The lowest BCUT2D eigenvalue weighted by Crippen LogP contribution is -2.27. The lowest BCUT2D eigenvalue weighted by atomic mass is 9.99. The largest absolute Gasteiger partial charge is 0.493 e. The van der Waals surface area contributed by atoms with Crippen molar-refractivity contribution in [2.45, 2.75) is 38.3 Å². The van der Waals surface area contributed by atoms with E-state index in [9.17, 15) is 9.59 Å². The van der Waals surface area contributed by atoms with Gasteiger partial charge in [0.1, 0.15) is 0 Å². The molecule has 7 nitrogen and oxygen atoms in total. The van der Waals surface area contributed by atoms with E-state index < -0.39 is 11.9 Å². The molecule has 1 amide bonds. The molecule has 0 aliphatic heterocycles. The van der Waals surface area contributed by atoms with E-state index in [-0.39, 0.29) is 23.8 Å². The van der Waals surface area contributed by atoms with Crippen LogP contribution in [0, 0.1) is 0 Å². The van der Waals surface area contributed by atoms with Crippen molar-refractivity contribution >= 4 is 24.0 Å². The van der Waals surface area contributed by atoms with Gasteiger partial charge in [0.15, 0.2) is 11.5 Å². The van der Waals surface area contributed by atoms with Crippen molar-refractivity contribution in [2.75, 3.05) is 14.2 Å². The predicted molar refractivity (Wildman–Crippen MR) is 146 cm³/mol. The fourth-order valence-electron chi connectivity index (χ4n) is 4.34. The first kappa shape index (κ1) is 26.7. The number of benzene rings is 2. The summed E-state index contributed by atoms with van der Waals surface area (Å²) < 4.78 is 16.8. The highest BCUT2D eigenvalue weighted by molar-refractivity contribution is 6.14. The maximum absolute atomic E-state index is 13.5. The summed E-state index contributed by atoms with van der Waals surface area (Å²) in [6.45, 7) is 0.281. The Kier molecular flexibility index (Phi) is 9.29. The third-order valence-corrected chi connectivity index (χ3v) is 6.35. The molecule has 1 aliphatic carbocycles. The molecule has 1 saturated carbocycles.